The highest BCUT2D eigenvalue weighted by Crippen LogP contribution is 2.26. The van der Waals surface area contributed by atoms with Crippen molar-refractivity contribution in [3.63, 3.8) is 0 Å². The van der Waals surface area contributed by atoms with Gasteiger partial charge in [-0.1, -0.05) is 17.7 Å². The van der Waals surface area contributed by atoms with E-state index in [1.165, 1.54) is 0 Å². The number of aromatic nitrogens is 1. The maximum Gasteiger partial charge on any atom is 0.317 e. The van der Waals surface area contributed by atoms with Gasteiger partial charge in [-0.3, -0.25) is 4.98 Å². The Morgan fingerprint density at radius 3 is 2.88 bits per heavy atom. The molecule has 3 rings (SSSR count). The minimum atomic E-state index is -0.0833. The van der Waals surface area contributed by atoms with E-state index < -0.39 is 0 Å². The van der Waals surface area contributed by atoms with E-state index in [1.807, 2.05) is 35.2 Å². The molecule has 6 nitrogen and oxygen atoms in total. The van der Waals surface area contributed by atoms with Crippen molar-refractivity contribution in [2.75, 3.05) is 24.5 Å². The summed E-state index contributed by atoms with van der Waals surface area (Å²) >= 11 is 6.15. The number of carbonyl (C=O) groups excluding carboxylic acids is 1. The molecule has 0 bridgehead atoms. The third kappa shape index (κ3) is 4.06. The van der Waals surface area contributed by atoms with E-state index in [9.17, 15) is 4.79 Å². The van der Waals surface area contributed by atoms with E-state index in [0.29, 0.717) is 36.8 Å². The Morgan fingerprint density at radius 1 is 1.38 bits per heavy atom. The Labute approximate surface area is 158 Å². The predicted octanol–water partition coefficient (Wildman–Crippen LogP) is 3.03. The van der Waals surface area contributed by atoms with E-state index in [1.54, 1.807) is 12.3 Å². The largest absolute Gasteiger partial charge is 0.365 e. The van der Waals surface area contributed by atoms with Gasteiger partial charge in [-0.05, 0) is 37.3 Å². The molecule has 0 radical (unpaired) electrons. The monoisotopic (exact) mass is 369 g/mol. The average molecular weight is 370 g/mol. The summed E-state index contributed by atoms with van der Waals surface area (Å²) in [4.78, 5) is 20.6. The van der Waals surface area contributed by atoms with Crippen LogP contribution >= 0.6 is 11.6 Å². The Bertz CT molecular complexity index is 820. The molecule has 1 N–H and O–H groups in total. The Balaban J connectivity index is 1.58. The summed E-state index contributed by atoms with van der Waals surface area (Å²) in [7, 11) is 0. The fourth-order valence-corrected chi connectivity index (χ4v) is 3.30. The van der Waals surface area contributed by atoms with Crippen molar-refractivity contribution >= 4 is 23.3 Å². The number of anilines is 1. The summed E-state index contributed by atoms with van der Waals surface area (Å²) in [6.07, 6.45) is 1.71. The van der Waals surface area contributed by atoms with E-state index in [2.05, 4.69) is 28.2 Å². The third-order valence-corrected chi connectivity index (χ3v) is 4.78. The number of pyridine rings is 1. The molecule has 1 fully saturated rings. The van der Waals surface area contributed by atoms with Crippen molar-refractivity contribution in [1.82, 2.24) is 15.2 Å². The van der Waals surface area contributed by atoms with Crippen LogP contribution in [0.4, 0.5) is 10.5 Å². The highest BCUT2D eigenvalue weighted by Gasteiger charge is 2.27. The van der Waals surface area contributed by atoms with Crippen LogP contribution in [0.5, 0.6) is 0 Å². The number of halogens is 1. The van der Waals surface area contributed by atoms with Crippen LogP contribution in [-0.2, 0) is 6.54 Å². The number of benzene rings is 1. The summed E-state index contributed by atoms with van der Waals surface area (Å²) in [5.74, 6) is 0. The van der Waals surface area contributed by atoms with E-state index >= 15 is 0 Å². The van der Waals surface area contributed by atoms with Crippen LogP contribution in [0.25, 0.3) is 0 Å². The fraction of sp³-hybridized carbons (Fsp3) is 0.316. The van der Waals surface area contributed by atoms with Gasteiger partial charge in [0, 0.05) is 37.6 Å². The lowest BCUT2D eigenvalue weighted by Gasteiger charge is -2.41. The van der Waals surface area contributed by atoms with Gasteiger partial charge >= 0.3 is 6.03 Å². The number of urea groups is 1. The number of amides is 2. The molecule has 2 aromatic rings. The number of hydrogen-bond donors (Lipinski definition) is 1. The molecule has 0 saturated carbocycles. The molecule has 26 heavy (non-hydrogen) atoms. The summed E-state index contributed by atoms with van der Waals surface area (Å²) in [5.41, 5.74) is 2.27. The van der Waals surface area contributed by atoms with Gasteiger partial charge in [0.2, 0.25) is 0 Å². The second-order valence-electron chi connectivity index (χ2n) is 6.24. The number of nitrogens with zero attached hydrogens (tertiary/aromatic N) is 4. The second-order valence-corrected chi connectivity index (χ2v) is 6.65. The summed E-state index contributed by atoms with van der Waals surface area (Å²) < 4.78 is 0. The Kier molecular flexibility index (Phi) is 5.59. The van der Waals surface area contributed by atoms with Crippen molar-refractivity contribution in [3.8, 4) is 6.07 Å². The lowest BCUT2D eigenvalue weighted by atomic mass is 10.1. The van der Waals surface area contributed by atoms with E-state index in [4.69, 9.17) is 16.9 Å². The van der Waals surface area contributed by atoms with Crippen LogP contribution < -0.4 is 10.2 Å². The smallest absolute Gasteiger partial charge is 0.317 e. The van der Waals surface area contributed by atoms with Crippen molar-refractivity contribution < 1.29 is 4.79 Å². The fourth-order valence-electron chi connectivity index (χ4n) is 3.08. The average Bonchev–Trinajstić information content (AvgIpc) is 2.66. The molecule has 1 atom stereocenters. The molecule has 1 aliphatic heterocycles. The first-order valence-electron chi connectivity index (χ1n) is 8.47. The van der Waals surface area contributed by atoms with Crippen molar-refractivity contribution in [3.05, 3.63) is 58.9 Å². The maximum atomic E-state index is 12.4. The van der Waals surface area contributed by atoms with Gasteiger partial charge in [0.1, 0.15) is 6.07 Å². The number of nitriles is 1. The van der Waals surface area contributed by atoms with Gasteiger partial charge in [-0.15, -0.1) is 0 Å². The number of carbonyl (C=O) groups is 1. The lowest BCUT2D eigenvalue weighted by Crippen LogP contribution is -2.55. The van der Waals surface area contributed by atoms with E-state index in [-0.39, 0.29) is 12.1 Å². The molecule has 2 heterocycles. The first kappa shape index (κ1) is 18.0. The number of rotatable bonds is 3. The predicted molar refractivity (Wildman–Crippen MR) is 101 cm³/mol. The van der Waals surface area contributed by atoms with Gasteiger partial charge in [-0.25, -0.2) is 4.79 Å². The summed E-state index contributed by atoms with van der Waals surface area (Å²) in [6, 6.07) is 13.2. The topological polar surface area (TPSA) is 72.3 Å². The molecule has 134 valence electrons. The molecule has 1 aromatic carbocycles. The molecule has 1 aromatic heterocycles. The van der Waals surface area contributed by atoms with Crippen LogP contribution in [-0.4, -0.2) is 41.6 Å². The van der Waals surface area contributed by atoms with Crippen molar-refractivity contribution in [1.29, 1.82) is 5.26 Å². The maximum absolute atomic E-state index is 12.4. The molecule has 2 amide bonds. The highest BCUT2D eigenvalue weighted by atomic mass is 35.5. The van der Waals surface area contributed by atoms with Crippen molar-refractivity contribution in [2.45, 2.75) is 19.5 Å². The number of nitrogens with one attached hydrogen (secondary N) is 1. The summed E-state index contributed by atoms with van der Waals surface area (Å²) in [6.45, 7) is 4.44. The highest BCUT2D eigenvalue weighted by molar-refractivity contribution is 6.32. The Morgan fingerprint density at radius 2 is 2.23 bits per heavy atom. The second kappa shape index (κ2) is 8.07. The molecular formula is C19H20ClN5O. The first-order valence-corrected chi connectivity index (χ1v) is 8.85. The van der Waals surface area contributed by atoms with Crippen LogP contribution in [0.3, 0.4) is 0 Å². The molecular weight excluding hydrogens is 350 g/mol. The zero-order chi connectivity index (χ0) is 18.5. The van der Waals surface area contributed by atoms with Gasteiger partial charge in [-0.2, -0.15) is 5.26 Å². The zero-order valence-corrected chi connectivity index (χ0v) is 15.3. The summed E-state index contributed by atoms with van der Waals surface area (Å²) in [5, 5.41) is 12.4. The standard InChI is InChI=1S/C19H20ClN5O/c1-14-13-24(19(26)23-12-16-4-2-3-7-22-16)8-9-25(14)17-6-5-15(11-21)18(20)10-17/h2-7,10,14H,8-9,12-13H2,1H3,(H,23,26)/t14-/m0/s1. The van der Waals surface area contributed by atoms with Gasteiger partial charge in [0.15, 0.2) is 0 Å². The van der Waals surface area contributed by atoms with Gasteiger partial charge < -0.3 is 15.1 Å². The number of piperazine rings is 1. The minimum Gasteiger partial charge on any atom is -0.365 e. The molecule has 0 spiro atoms. The molecule has 1 aliphatic rings. The quantitative estimate of drug-likeness (QED) is 0.902. The van der Waals surface area contributed by atoms with Crippen LogP contribution in [0, 0.1) is 11.3 Å². The third-order valence-electron chi connectivity index (χ3n) is 4.47. The van der Waals surface area contributed by atoms with Crippen LogP contribution in [0.1, 0.15) is 18.2 Å². The normalized spacial score (nSPS) is 16.9. The van der Waals surface area contributed by atoms with Crippen LogP contribution in [0.15, 0.2) is 42.6 Å². The molecule has 7 heteroatoms. The minimum absolute atomic E-state index is 0.0833. The van der Waals surface area contributed by atoms with Gasteiger partial charge in [0.25, 0.3) is 0 Å². The lowest BCUT2D eigenvalue weighted by molar-refractivity contribution is 0.186. The zero-order valence-electron chi connectivity index (χ0n) is 14.5. The van der Waals surface area contributed by atoms with Crippen molar-refractivity contribution in [2.24, 2.45) is 0 Å². The first-order chi connectivity index (χ1) is 12.6. The molecule has 0 aliphatic carbocycles. The van der Waals surface area contributed by atoms with Crippen LogP contribution in [0.2, 0.25) is 5.02 Å². The van der Waals surface area contributed by atoms with Gasteiger partial charge in [0.05, 0.1) is 22.8 Å². The molecule has 1 saturated heterocycles. The SMILES string of the molecule is C[C@H]1CN(C(=O)NCc2ccccn2)CCN1c1ccc(C#N)c(Cl)c1. The van der Waals surface area contributed by atoms with E-state index in [0.717, 1.165) is 11.4 Å². The Hall–Kier alpha value is -2.78. The molecule has 0 unspecified atom stereocenters. The number of hydrogen-bond acceptors (Lipinski definition) is 4.